The third-order valence-corrected chi connectivity index (χ3v) is 7.77. The molecule has 1 saturated heterocycles. The second-order valence-corrected chi connectivity index (χ2v) is 11.4. The smallest absolute Gasteiger partial charge is 0.222 e. The molecule has 0 spiro atoms. The summed E-state index contributed by atoms with van der Waals surface area (Å²) < 4.78 is 12.1. The Labute approximate surface area is 226 Å². The fourth-order valence-electron chi connectivity index (χ4n) is 5.50. The lowest BCUT2D eigenvalue weighted by Gasteiger charge is -2.43. The van der Waals surface area contributed by atoms with Gasteiger partial charge in [-0.3, -0.25) is 4.79 Å². The zero-order valence-electron chi connectivity index (χ0n) is 22.7. The molecule has 1 aromatic rings. The Kier molecular flexibility index (Phi) is 13.5. The van der Waals surface area contributed by atoms with Crippen LogP contribution < -0.4 is 10.1 Å². The fraction of sp³-hybridized carbons (Fsp3) is 0.690. The number of ether oxygens (including phenoxy) is 2. The number of nitrogens with zero attached hydrogens (tertiary/aromatic N) is 1. The van der Waals surface area contributed by atoms with E-state index in [0.717, 1.165) is 55.2 Å². The summed E-state index contributed by atoms with van der Waals surface area (Å²) in [6.07, 6.45) is 7.30. The number of carbonyl (C=O) groups is 1. The first-order chi connectivity index (χ1) is 17.3. The van der Waals surface area contributed by atoms with Crippen molar-refractivity contribution in [2.45, 2.75) is 64.4 Å². The summed E-state index contributed by atoms with van der Waals surface area (Å²) in [5, 5.41) is 15.6. The van der Waals surface area contributed by atoms with Crippen LogP contribution >= 0.6 is 15.9 Å². The lowest BCUT2D eigenvalue weighted by atomic mass is 9.73. The van der Waals surface area contributed by atoms with Gasteiger partial charge in [0.1, 0.15) is 12.4 Å². The minimum Gasteiger partial charge on any atom is -0.488 e. The zero-order chi connectivity index (χ0) is 26.6. The Morgan fingerprint density at radius 1 is 1.39 bits per heavy atom. The number of hydrogen-bond acceptors (Lipinski definition) is 5. The number of amides is 1. The molecule has 7 heteroatoms. The van der Waals surface area contributed by atoms with Crippen LogP contribution in [0, 0.1) is 17.8 Å². The number of likely N-dealkylation sites (tertiary alicyclic amines) is 1. The normalized spacial score (nSPS) is 18.6. The van der Waals surface area contributed by atoms with Crippen molar-refractivity contribution in [1.82, 2.24) is 10.2 Å². The van der Waals surface area contributed by atoms with E-state index in [4.69, 9.17) is 9.47 Å². The third-order valence-electron chi connectivity index (χ3n) is 7.15. The van der Waals surface area contributed by atoms with Crippen LogP contribution in [-0.4, -0.2) is 62.9 Å². The van der Waals surface area contributed by atoms with Crippen molar-refractivity contribution in [2.24, 2.45) is 17.8 Å². The van der Waals surface area contributed by atoms with Gasteiger partial charge in [0.05, 0.1) is 10.1 Å². The summed E-state index contributed by atoms with van der Waals surface area (Å²) in [4.78, 5) is 15.4. The van der Waals surface area contributed by atoms with Gasteiger partial charge in [0.15, 0.2) is 0 Å². The molecule has 3 atom stereocenters. The van der Waals surface area contributed by atoms with E-state index in [1.54, 1.807) is 13.2 Å². The number of methoxy groups -OCH3 is 1. The SMILES string of the molecule is C=CCOc1c(Br)cccc1[C@](O)(CCCCOC)[C@@H]1CCCN(C(=O)C[C@H](CNC)CC(C)C)C1. The molecule has 36 heavy (non-hydrogen) atoms. The van der Waals surface area contributed by atoms with Crippen molar-refractivity contribution in [3.8, 4) is 5.75 Å². The van der Waals surface area contributed by atoms with Crippen molar-refractivity contribution in [1.29, 1.82) is 0 Å². The topological polar surface area (TPSA) is 71.0 Å². The van der Waals surface area contributed by atoms with Crippen LogP contribution in [0.2, 0.25) is 0 Å². The molecule has 0 aliphatic carbocycles. The molecule has 0 saturated carbocycles. The maximum absolute atomic E-state index is 13.4. The molecule has 1 fully saturated rings. The third kappa shape index (κ3) is 8.86. The van der Waals surface area contributed by atoms with Gasteiger partial charge in [0.25, 0.3) is 0 Å². The van der Waals surface area contributed by atoms with E-state index in [0.29, 0.717) is 50.2 Å². The van der Waals surface area contributed by atoms with Gasteiger partial charge in [-0.05, 0) is 85.9 Å². The van der Waals surface area contributed by atoms with Crippen LogP contribution in [0.3, 0.4) is 0 Å². The Morgan fingerprint density at radius 3 is 2.83 bits per heavy atom. The average molecular weight is 568 g/mol. The molecule has 0 bridgehead atoms. The van der Waals surface area contributed by atoms with E-state index in [9.17, 15) is 9.90 Å². The highest BCUT2D eigenvalue weighted by Gasteiger charge is 2.43. The molecule has 0 radical (unpaired) electrons. The highest BCUT2D eigenvalue weighted by atomic mass is 79.9. The Balaban J connectivity index is 2.30. The maximum Gasteiger partial charge on any atom is 0.222 e. The second kappa shape index (κ2) is 15.8. The maximum atomic E-state index is 13.4. The Morgan fingerprint density at radius 2 is 2.17 bits per heavy atom. The van der Waals surface area contributed by atoms with E-state index in [1.165, 1.54) is 0 Å². The minimum atomic E-state index is -1.12. The monoisotopic (exact) mass is 566 g/mol. The van der Waals surface area contributed by atoms with Crippen molar-refractivity contribution in [3.05, 3.63) is 40.9 Å². The molecule has 1 amide bonds. The van der Waals surface area contributed by atoms with E-state index < -0.39 is 5.60 Å². The highest BCUT2D eigenvalue weighted by Crippen LogP contribution is 2.45. The summed E-state index contributed by atoms with van der Waals surface area (Å²) in [5.74, 6) is 1.64. The molecule has 204 valence electrons. The van der Waals surface area contributed by atoms with E-state index >= 15 is 0 Å². The van der Waals surface area contributed by atoms with Crippen LogP contribution in [0.4, 0.5) is 0 Å². The molecular weight excluding hydrogens is 520 g/mol. The van der Waals surface area contributed by atoms with E-state index in [-0.39, 0.29) is 11.8 Å². The molecule has 6 nitrogen and oxygen atoms in total. The largest absolute Gasteiger partial charge is 0.488 e. The number of halogens is 1. The number of benzene rings is 1. The van der Waals surface area contributed by atoms with Crippen LogP contribution in [0.25, 0.3) is 0 Å². The summed E-state index contributed by atoms with van der Waals surface area (Å²) in [5.41, 5.74) is -0.335. The van der Waals surface area contributed by atoms with Crippen molar-refractivity contribution in [3.63, 3.8) is 0 Å². The van der Waals surface area contributed by atoms with Gasteiger partial charge in [-0.2, -0.15) is 0 Å². The van der Waals surface area contributed by atoms with Crippen molar-refractivity contribution < 1.29 is 19.4 Å². The van der Waals surface area contributed by atoms with Crippen LogP contribution in [0.15, 0.2) is 35.3 Å². The van der Waals surface area contributed by atoms with E-state index in [2.05, 4.69) is 41.7 Å². The number of unbranched alkanes of at least 4 members (excludes halogenated alkanes) is 1. The van der Waals surface area contributed by atoms with Gasteiger partial charge in [0, 0.05) is 44.7 Å². The first kappa shape index (κ1) is 30.8. The number of piperidine rings is 1. The molecule has 1 heterocycles. The summed E-state index contributed by atoms with van der Waals surface area (Å²) in [7, 11) is 3.65. The number of hydrogen-bond donors (Lipinski definition) is 2. The van der Waals surface area contributed by atoms with Gasteiger partial charge in [-0.1, -0.05) is 38.6 Å². The highest BCUT2D eigenvalue weighted by molar-refractivity contribution is 9.10. The first-order valence-corrected chi connectivity index (χ1v) is 14.2. The van der Waals surface area contributed by atoms with Gasteiger partial charge in [0.2, 0.25) is 5.91 Å². The molecule has 2 rings (SSSR count). The zero-order valence-corrected chi connectivity index (χ0v) is 24.3. The Hall–Kier alpha value is -1.41. The van der Waals surface area contributed by atoms with Gasteiger partial charge in [-0.15, -0.1) is 0 Å². The summed E-state index contributed by atoms with van der Waals surface area (Å²) >= 11 is 3.62. The molecule has 1 aliphatic heterocycles. The van der Waals surface area contributed by atoms with Crippen molar-refractivity contribution >= 4 is 21.8 Å². The fourth-order valence-corrected chi connectivity index (χ4v) is 5.98. The van der Waals surface area contributed by atoms with Gasteiger partial charge < -0.3 is 24.8 Å². The minimum absolute atomic E-state index is 0.0778. The average Bonchev–Trinajstić information content (AvgIpc) is 2.85. The predicted molar refractivity (Wildman–Crippen MR) is 150 cm³/mol. The second-order valence-electron chi connectivity index (χ2n) is 10.5. The quantitative estimate of drug-likeness (QED) is 0.203. The standard InChI is InChI=1S/C29H47BrN2O4/c1-6-16-36-28-25(12-9-13-26(28)30)29(34,14-7-8-17-35-5)24-11-10-15-32(21-24)27(33)19-23(20-31-4)18-22(2)3/h6,9,12-13,22-24,31,34H,1,7-8,10-11,14-21H2,2-5H3/t23-,24-,29+/m1/s1. The number of rotatable bonds is 16. The molecular formula is C29H47BrN2O4. The molecule has 1 aromatic carbocycles. The van der Waals surface area contributed by atoms with Crippen LogP contribution in [0.5, 0.6) is 5.75 Å². The number of para-hydroxylation sites is 1. The van der Waals surface area contributed by atoms with E-state index in [1.807, 2.05) is 30.1 Å². The number of nitrogens with one attached hydrogen (secondary N) is 1. The van der Waals surface area contributed by atoms with Crippen molar-refractivity contribution in [2.75, 3.05) is 47.0 Å². The predicted octanol–water partition coefficient (Wildman–Crippen LogP) is 5.53. The molecule has 0 aromatic heterocycles. The molecule has 1 aliphatic rings. The van der Waals surface area contributed by atoms with Gasteiger partial charge in [-0.25, -0.2) is 0 Å². The molecule has 0 unspecified atom stereocenters. The first-order valence-electron chi connectivity index (χ1n) is 13.4. The summed E-state index contributed by atoms with van der Waals surface area (Å²) in [6.45, 7) is 11.3. The number of aliphatic hydroxyl groups is 1. The van der Waals surface area contributed by atoms with Gasteiger partial charge >= 0.3 is 0 Å². The lowest BCUT2D eigenvalue weighted by Crippen LogP contribution is -2.48. The summed E-state index contributed by atoms with van der Waals surface area (Å²) in [6, 6.07) is 5.84. The van der Waals surface area contributed by atoms with Crippen LogP contribution in [-0.2, 0) is 15.1 Å². The lowest BCUT2D eigenvalue weighted by molar-refractivity contribution is -0.138. The Bertz CT molecular complexity index is 818. The van der Waals surface area contributed by atoms with Crippen LogP contribution in [0.1, 0.15) is 64.4 Å². The number of carbonyl (C=O) groups excluding carboxylic acids is 1. The molecule has 2 N–H and O–H groups in total.